The molecule has 4 heteroatoms. The molecule has 1 aliphatic heterocycles. The molecule has 1 aromatic rings. The normalized spacial score (nSPS) is 21.1. The third-order valence-corrected chi connectivity index (χ3v) is 4.06. The topological polar surface area (TPSA) is 27.0 Å². The molecule has 90 valence electrons. The Morgan fingerprint density at radius 3 is 3.06 bits per heavy atom. The summed E-state index contributed by atoms with van der Waals surface area (Å²) >= 11 is 3.26. The molecule has 1 aliphatic rings. The van der Waals surface area contributed by atoms with Crippen molar-refractivity contribution in [2.24, 2.45) is 0 Å². The fourth-order valence-corrected chi connectivity index (χ4v) is 2.61. The number of likely N-dealkylation sites (tertiary alicyclic amines) is 1. The van der Waals surface area contributed by atoms with Crippen molar-refractivity contribution in [3.63, 3.8) is 0 Å². The van der Waals surface area contributed by atoms with Gasteiger partial charge in [0.05, 0.1) is 16.6 Å². The van der Waals surface area contributed by atoms with Gasteiger partial charge >= 0.3 is 0 Å². The van der Waals surface area contributed by atoms with E-state index >= 15 is 0 Å². The molecule has 0 radical (unpaired) electrons. The van der Waals surface area contributed by atoms with E-state index in [9.17, 15) is 4.39 Å². The Bertz CT molecular complexity index is 442. The van der Waals surface area contributed by atoms with Crippen LogP contribution >= 0.6 is 15.9 Å². The number of hydrogen-bond acceptors (Lipinski definition) is 2. The lowest BCUT2D eigenvalue weighted by atomic mass is 10.0. The maximum absolute atomic E-state index is 13.4. The van der Waals surface area contributed by atoms with Gasteiger partial charge in [0.1, 0.15) is 5.82 Å². The Morgan fingerprint density at radius 2 is 2.29 bits per heavy atom. The molecule has 0 N–H and O–H groups in total. The molecule has 1 unspecified atom stereocenters. The van der Waals surface area contributed by atoms with Gasteiger partial charge in [-0.15, -0.1) is 0 Å². The zero-order valence-electron chi connectivity index (χ0n) is 9.50. The number of halogens is 2. The van der Waals surface area contributed by atoms with Gasteiger partial charge in [-0.2, -0.15) is 5.26 Å². The van der Waals surface area contributed by atoms with E-state index < -0.39 is 0 Å². The first kappa shape index (κ1) is 12.5. The largest absolute Gasteiger partial charge is 0.284 e. The molecule has 1 aromatic carbocycles. The SMILES string of the molecule is N#CC1CCCCN1Cc1cccc(F)c1Br. The van der Waals surface area contributed by atoms with Gasteiger partial charge in [-0.05, 0) is 53.4 Å². The van der Waals surface area contributed by atoms with Crippen molar-refractivity contribution >= 4 is 15.9 Å². The van der Waals surface area contributed by atoms with E-state index in [1.165, 1.54) is 6.07 Å². The molecule has 0 bridgehead atoms. The average molecular weight is 297 g/mol. The minimum Gasteiger partial charge on any atom is -0.284 e. The fraction of sp³-hybridized carbons (Fsp3) is 0.462. The molecule has 0 aliphatic carbocycles. The Kier molecular flexibility index (Phi) is 4.14. The molecule has 17 heavy (non-hydrogen) atoms. The Balaban J connectivity index is 2.14. The van der Waals surface area contributed by atoms with Crippen LogP contribution < -0.4 is 0 Å². The summed E-state index contributed by atoms with van der Waals surface area (Å²) < 4.78 is 13.9. The number of piperidine rings is 1. The van der Waals surface area contributed by atoms with Crippen LogP contribution in [-0.2, 0) is 6.54 Å². The van der Waals surface area contributed by atoms with Crippen molar-refractivity contribution in [3.8, 4) is 6.07 Å². The van der Waals surface area contributed by atoms with E-state index in [2.05, 4.69) is 26.9 Å². The van der Waals surface area contributed by atoms with Crippen molar-refractivity contribution in [2.75, 3.05) is 6.54 Å². The smallest absolute Gasteiger partial charge is 0.137 e. The van der Waals surface area contributed by atoms with Gasteiger partial charge in [0.25, 0.3) is 0 Å². The predicted octanol–water partition coefficient (Wildman–Crippen LogP) is 3.47. The number of benzene rings is 1. The van der Waals surface area contributed by atoms with Crippen LogP contribution in [0.4, 0.5) is 4.39 Å². The Morgan fingerprint density at radius 1 is 1.47 bits per heavy atom. The Hall–Kier alpha value is -0.920. The summed E-state index contributed by atoms with van der Waals surface area (Å²) in [7, 11) is 0. The average Bonchev–Trinajstić information content (AvgIpc) is 2.35. The first-order chi connectivity index (χ1) is 8.22. The lowest BCUT2D eigenvalue weighted by Gasteiger charge is -2.31. The van der Waals surface area contributed by atoms with Crippen LogP contribution in [-0.4, -0.2) is 17.5 Å². The van der Waals surface area contributed by atoms with Crippen LogP contribution in [0.25, 0.3) is 0 Å². The number of nitriles is 1. The minimum absolute atomic E-state index is 0.0288. The second-order valence-corrected chi connectivity index (χ2v) is 5.12. The van der Waals surface area contributed by atoms with Crippen molar-refractivity contribution in [1.29, 1.82) is 5.26 Å². The maximum atomic E-state index is 13.4. The van der Waals surface area contributed by atoms with Crippen LogP contribution in [0, 0.1) is 17.1 Å². The molecule has 0 saturated carbocycles. The molecule has 0 aromatic heterocycles. The van der Waals surface area contributed by atoms with Crippen LogP contribution in [0.15, 0.2) is 22.7 Å². The second-order valence-electron chi connectivity index (χ2n) is 4.32. The lowest BCUT2D eigenvalue weighted by molar-refractivity contribution is 0.176. The zero-order chi connectivity index (χ0) is 12.3. The van der Waals surface area contributed by atoms with Gasteiger partial charge in [-0.1, -0.05) is 12.1 Å². The van der Waals surface area contributed by atoms with Gasteiger partial charge < -0.3 is 0 Å². The molecular formula is C13H14BrFN2. The van der Waals surface area contributed by atoms with E-state index in [0.29, 0.717) is 11.0 Å². The van der Waals surface area contributed by atoms with E-state index in [0.717, 1.165) is 31.4 Å². The van der Waals surface area contributed by atoms with Crippen LogP contribution in [0.1, 0.15) is 24.8 Å². The summed E-state index contributed by atoms with van der Waals surface area (Å²) in [6.45, 7) is 1.55. The summed E-state index contributed by atoms with van der Waals surface area (Å²) in [6.07, 6.45) is 3.15. The number of rotatable bonds is 2. The zero-order valence-corrected chi connectivity index (χ0v) is 11.1. The van der Waals surface area contributed by atoms with Crippen molar-refractivity contribution in [1.82, 2.24) is 4.90 Å². The maximum Gasteiger partial charge on any atom is 0.137 e. The van der Waals surface area contributed by atoms with Crippen LogP contribution in [0.5, 0.6) is 0 Å². The molecule has 1 atom stereocenters. The second kappa shape index (κ2) is 5.61. The fourth-order valence-electron chi connectivity index (χ4n) is 2.22. The molecule has 1 saturated heterocycles. The Labute approximate surface area is 109 Å². The highest BCUT2D eigenvalue weighted by Crippen LogP contribution is 2.25. The van der Waals surface area contributed by atoms with Crippen molar-refractivity contribution in [2.45, 2.75) is 31.8 Å². The lowest BCUT2D eigenvalue weighted by Crippen LogP contribution is -2.37. The molecular weight excluding hydrogens is 283 g/mol. The molecule has 1 fully saturated rings. The van der Waals surface area contributed by atoms with Crippen LogP contribution in [0.3, 0.4) is 0 Å². The van der Waals surface area contributed by atoms with Crippen molar-refractivity contribution in [3.05, 3.63) is 34.1 Å². The standard InChI is InChI=1S/C13H14BrFN2/c14-13-10(4-3-6-12(13)15)9-17-7-2-1-5-11(17)8-16/h3-4,6,11H,1-2,5,7,9H2. The highest BCUT2D eigenvalue weighted by atomic mass is 79.9. The highest BCUT2D eigenvalue weighted by Gasteiger charge is 2.22. The van der Waals surface area contributed by atoms with Crippen molar-refractivity contribution < 1.29 is 4.39 Å². The quantitative estimate of drug-likeness (QED) is 0.836. The monoisotopic (exact) mass is 296 g/mol. The predicted molar refractivity (Wildman–Crippen MR) is 67.8 cm³/mol. The summed E-state index contributed by atoms with van der Waals surface area (Å²) in [5.74, 6) is -0.243. The third-order valence-electron chi connectivity index (χ3n) is 3.17. The van der Waals surface area contributed by atoms with Gasteiger partial charge in [-0.3, -0.25) is 4.90 Å². The molecule has 0 amide bonds. The molecule has 0 spiro atoms. The summed E-state index contributed by atoms with van der Waals surface area (Å²) in [5.41, 5.74) is 0.909. The molecule has 1 heterocycles. The van der Waals surface area contributed by atoms with Gasteiger partial charge in [0.2, 0.25) is 0 Å². The van der Waals surface area contributed by atoms with E-state index in [-0.39, 0.29) is 11.9 Å². The van der Waals surface area contributed by atoms with Crippen LogP contribution in [0.2, 0.25) is 0 Å². The number of hydrogen-bond donors (Lipinski definition) is 0. The highest BCUT2D eigenvalue weighted by molar-refractivity contribution is 9.10. The van der Waals surface area contributed by atoms with E-state index in [1.54, 1.807) is 6.07 Å². The van der Waals surface area contributed by atoms with E-state index in [4.69, 9.17) is 5.26 Å². The van der Waals surface area contributed by atoms with E-state index in [1.807, 2.05) is 6.07 Å². The van der Waals surface area contributed by atoms with Gasteiger partial charge in [0, 0.05) is 6.54 Å². The van der Waals surface area contributed by atoms with Gasteiger partial charge in [0.15, 0.2) is 0 Å². The molecule has 2 rings (SSSR count). The first-order valence-electron chi connectivity index (χ1n) is 5.79. The summed E-state index contributed by atoms with van der Waals surface area (Å²) in [6, 6.07) is 7.34. The first-order valence-corrected chi connectivity index (χ1v) is 6.58. The minimum atomic E-state index is -0.243. The third kappa shape index (κ3) is 2.85. The van der Waals surface area contributed by atoms with Gasteiger partial charge in [-0.25, -0.2) is 4.39 Å². The molecule has 2 nitrogen and oxygen atoms in total. The number of nitrogens with zero attached hydrogens (tertiary/aromatic N) is 2. The summed E-state index contributed by atoms with van der Waals surface area (Å²) in [5, 5.41) is 9.09. The summed E-state index contributed by atoms with van der Waals surface area (Å²) in [4.78, 5) is 2.13.